The van der Waals surface area contributed by atoms with Gasteiger partial charge in [-0.05, 0) is 12.5 Å². The van der Waals surface area contributed by atoms with Crippen molar-refractivity contribution in [2.45, 2.75) is 26.7 Å². The summed E-state index contributed by atoms with van der Waals surface area (Å²) in [5.41, 5.74) is 1.87. The van der Waals surface area contributed by atoms with Gasteiger partial charge in [0.2, 0.25) is 5.88 Å². The van der Waals surface area contributed by atoms with E-state index in [9.17, 15) is 0 Å². The van der Waals surface area contributed by atoms with Crippen LogP contribution in [0.1, 0.15) is 26.1 Å². The van der Waals surface area contributed by atoms with Crippen molar-refractivity contribution in [3.63, 3.8) is 0 Å². The number of anilines is 1. The molecule has 0 aliphatic heterocycles. The van der Waals surface area contributed by atoms with Crippen molar-refractivity contribution in [1.29, 1.82) is 0 Å². The van der Waals surface area contributed by atoms with Gasteiger partial charge < -0.3 is 10.1 Å². The molecule has 2 aromatic rings. The lowest BCUT2D eigenvalue weighted by atomic mass is 10.2. The van der Waals surface area contributed by atoms with Crippen molar-refractivity contribution < 1.29 is 4.74 Å². The lowest BCUT2D eigenvalue weighted by Gasteiger charge is -2.09. The van der Waals surface area contributed by atoms with Crippen molar-refractivity contribution in [3.05, 3.63) is 30.2 Å². The van der Waals surface area contributed by atoms with Crippen LogP contribution in [-0.4, -0.2) is 28.6 Å². The van der Waals surface area contributed by atoms with E-state index in [0.29, 0.717) is 5.88 Å². The minimum atomic E-state index is 0.585. The number of aromatic nitrogens is 3. The molecule has 0 aromatic carbocycles. The number of hydrogen-bond acceptors (Lipinski definition) is 5. The first-order valence-corrected chi connectivity index (χ1v) is 6.89. The molecule has 0 atom stereocenters. The molecule has 1 N–H and O–H groups in total. The molecule has 0 saturated heterocycles. The number of pyridine rings is 1. The molecule has 0 radical (unpaired) electrons. The van der Waals surface area contributed by atoms with Gasteiger partial charge in [0.1, 0.15) is 11.6 Å². The molecule has 106 valence electrons. The summed E-state index contributed by atoms with van der Waals surface area (Å²) in [5.74, 6) is 2.28. The van der Waals surface area contributed by atoms with Crippen LogP contribution in [0.5, 0.6) is 5.88 Å². The Morgan fingerprint density at radius 1 is 1.20 bits per heavy atom. The first kappa shape index (κ1) is 14.2. The Kier molecular flexibility index (Phi) is 4.87. The number of ether oxygens (including phenoxy) is 1. The van der Waals surface area contributed by atoms with Gasteiger partial charge in [-0.1, -0.05) is 13.8 Å². The highest BCUT2D eigenvalue weighted by atomic mass is 16.5. The van der Waals surface area contributed by atoms with Crippen LogP contribution in [0.3, 0.4) is 0 Å². The molecular weight excluding hydrogens is 252 g/mol. The van der Waals surface area contributed by atoms with Crippen LogP contribution in [0.2, 0.25) is 0 Å². The SMILES string of the molecule is CCCNc1cc(-c2ccnc(OC)c2)nc(CC)n1. The number of hydrogen-bond donors (Lipinski definition) is 1. The van der Waals surface area contributed by atoms with Gasteiger partial charge in [0.25, 0.3) is 0 Å². The summed E-state index contributed by atoms with van der Waals surface area (Å²) in [6.45, 7) is 5.08. The van der Waals surface area contributed by atoms with E-state index in [2.05, 4.69) is 34.1 Å². The third-order valence-corrected chi connectivity index (χ3v) is 2.88. The molecule has 0 aliphatic carbocycles. The van der Waals surface area contributed by atoms with E-state index in [1.807, 2.05) is 18.2 Å². The first-order valence-electron chi connectivity index (χ1n) is 6.89. The van der Waals surface area contributed by atoms with E-state index in [4.69, 9.17) is 4.74 Å². The third kappa shape index (κ3) is 3.44. The normalized spacial score (nSPS) is 10.3. The standard InChI is InChI=1S/C15H20N4O/c1-4-7-16-14-10-12(18-13(5-2)19-14)11-6-8-17-15(9-11)20-3/h6,8-10H,4-5,7H2,1-3H3,(H,16,18,19). The van der Waals surface area contributed by atoms with Gasteiger partial charge in [-0.3, -0.25) is 0 Å². The van der Waals surface area contributed by atoms with Crippen LogP contribution in [-0.2, 0) is 6.42 Å². The maximum Gasteiger partial charge on any atom is 0.213 e. The van der Waals surface area contributed by atoms with Crippen molar-refractivity contribution in [3.8, 4) is 17.1 Å². The first-order chi connectivity index (χ1) is 9.76. The van der Waals surface area contributed by atoms with Gasteiger partial charge in [-0.25, -0.2) is 15.0 Å². The maximum atomic E-state index is 5.16. The third-order valence-electron chi connectivity index (χ3n) is 2.88. The maximum absolute atomic E-state index is 5.16. The van der Waals surface area contributed by atoms with Crippen LogP contribution < -0.4 is 10.1 Å². The van der Waals surface area contributed by atoms with Crippen molar-refractivity contribution in [2.24, 2.45) is 0 Å². The van der Waals surface area contributed by atoms with E-state index >= 15 is 0 Å². The molecule has 2 aromatic heterocycles. The summed E-state index contributed by atoms with van der Waals surface area (Å²) in [6.07, 6.45) is 3.59. The molecular formula is C15H20N4O. The van der Waals surface area contributed by atoms with Crippen LogP contribution >= 0.6 is 0 Å². The molecule has 0 aliphatic rings. The van der Waals surface area contributed by atoms with Crippen molar-refractivity contribution in [1.82, 2.24) is 15.0 Å². The predicted octanol–water partition coefficient (Wildman–Crippen LogP) is 2.93. The average molecular weight is 272 g/mol. The van der Waals surface area contributed by atoms with Crippen LogP contribution in [0, 0.1) is 0 Å². The Balaban J connectivity index is 2.38. The molecule has 0 fully saturated rings. The number of nitrogens with zero attached hydrogens (tertiary/aromatic N) is 3. The highest BCUT2D eigenvalue weighted by molar-refractivity contribution is 5.63. The van der Waals surface area contributed by atoms with Crippen molar-refractivity contribution >= 4 is 5.82 Å². The minimum absolute atomic E-state index is 0.585. The quantitative estimate of drug-likeness (QED) is 0.876. The number of methoxy groups -OCH3 is 1. The zero-order valence-electron chi connectivity index (χ0n) is 12.2. The number of aryl methyl sites for hydroxylation is 1. The van der Waals surface area contributed by atoms with E-state index < -0.39 is 0 Å². The molecule has 5 nitrogen and oxygen atoms in total. The second kappa shape index (κ2) is 6.84. The second-order valence-electron chi connectivity index (χ2n) is 4.42. The monoisotopic (exact) mass is 272 g/mol. The van der Waals surface area contributed by atoms with Gasteiger partial charge in [0, 0.05) is 36.9 Å². The van der Waals surface area contributed by atoms with E-state index in [1.54, 1.807) is 13.3 Å². The average Bonchev–Trinajstić information content (AvgIpc) is 2.52. The van der Waals surface area contributed by atoms with Gasteiger partial charge in [-0.15, -0.1) is 0 Å². The summed E-state index contributed by atoms with van der Waals surface area (Å²) >= 11 is 0. The summed E-state index contributed by atoms with van der Waals surface area (Å²) in [4.78, 5) is 13.2. The Labute approximate surface area is 119 Å². The number of nitrogens with one attached hydrogen (secondary N) is 1. The molecule has 2 heterocycles. The fourth-order valence-electron chi connectivity index (χ4n) is 1.83. The van der Waals surface area contributed by atoms with Gasteiger partial charge >= 0.3 is 0 Å². The molecule has 2 rings (SSSR count). The summed E-state index contributed by atoms with van der Waals surface area (Å²) in [7, 11) is 1.61. The molecule has 0 unspecified atom stereocenters. The predicted molar refractivity (Wildman–Crippen MR) is 80.0 cm³/mol. The molecule has 0 bridgehead atoms. The van der Waals surface area contributed by atoms with Gasteiger partial charge in [0.05, 0.1) is 12.8 Å². The summed E-state index contributed by atoms with van der Waals surface area (Å²) < 4.78 is 5.16. The topological polar surface area (TPSA) is 59.9 Å². The van der Waals surface area contributed by atoms with Crippen LogP contribution in [0.25, 0.3) is 11.3 Å². The van der Waals surface area contributed by atoms with Gasteiger partial charge in [-0.2, -0.15) is 0 Å². The molecule has 20 heavy (non-hydrogen) atoms. The zero-order valence-corrected chi connectivity index (χ0v) is 12.2. The Bertz CT molecular complexity index is 572. The van der Waals surface area contributed by atoms with E-state index in [0.717, 1.165) is 42.3 Å². The van der Waals surface area contributed by atoms with Gasteiger partial charge in [0.15, 0.2) is 0 Å². The molecule has 0 spiro atoms. The lowest BCUT2D eigenvalue weighted by Crippen LogP contribution is -2.05. The Hall–Kier alpha value is -2.17. The minimum Gasteiger partial charge on any atom is -0.481 e. The molecule has 5 heteroatoms. The second-order valence-corrected chi connectivity index (χ2v) is 4.42. The largest absolute Gasteiger partial charge is 0.481 e. The van der Waals surface area contributed by atoms with Crippen molar-refractivity contribution in [2.75, 3.05) is 19.0 Å². The molecule has 0 saturated carbocycles. The van der Waals surface area contributed by atoms with Crippen LogP contribution in [0.4, 0.5) is 5.82 Å². The Morgan fingerprint density at radius 3 is 2.75 bits per heavy atom. The zero-order chi connectivity index (χ0) is 14.4. The lowest BCUT2D eigenvalue weighted by molar-refractivity contribution is 0.398. The highest BCUT2D eigenvalue weighted by Gasteiger charge is 2.07. The number of rotatable bonds is 6. The smallest absolute Gasteiger partial charge is 0.213 e. The summed E-state index contributed by atoms with van der Waals surface area (Å²) in [6, 6.07) is 5.77. The van der Waals surface area contributed by atoms with Crippen LogP contribution in [0.15, 0.2) is 24.4 Å². The highest BCUT2D eigenvalue weighted by Crippen LogP contribution is 2.22. The fourth-order valence-corrected chi connectivity index (χ4v) is 1.83. The van der Waals surface area contributed by atoms with E-state index in [1.165, 1.54) is 0 Å². The van der Waals surface area contributed by atoms with E-state index in [-0.39, 0.29) is 0 Å². The Morgan fingerprint density at radius 2 is 2.05 bits per heavy atom. The fraction of sp³-hybridized carbons (Fsp3) is 0.400. The molecule has 0 amide bonds. The summed E-state index contributed by atoms with van der Waals surface area (Å²) in [5, 5.41) is 3.31.